The van der Waals surface area contributed by atoms with E-state index in [0.29, 0.717) is 29.7 Å². The topological polar surface area (TPSA) is 65.4 Å². The van der Waals surface area contributed by atoms with E-state index in [4.69, 9.17) is 4.84 Å². The van der Waals surface area contributed by atoms with Crippen LogP contribution in [-0.2, 0) is 9.84 Å². The number of benzene rings is 2. The van der Waals surface area contributed by atoms with Gasteiger partial charge in [0, 0.05) is 24.0 Å². The summed E-state index contributed by atoms with van der Waals surface area (Å²) in [6.45, 7) is 2.51. The molecule has 0 spiro atoms. The van der Waals surface area contributed by atoms with Crippen molar-refractivity contribution in [3.63, 3.8) is 0 Å². The molecular formula is C26H25Br2NO4S. The Kier molecular flexibility index (Phi) is 9.57. The highest BCUT2D eigenvalue weighted by atomic mass is 79.9. The molecule has 5 nitrogen and oxygen atoms in total. The second-order valence-electron chi connectivity index (χ2n) is 7.52. The van der Waals surface area contributed by atoms with Crippen LogP contribution in [0.15, 0.2) is 76.7 Å². The molecule has 1 aromatic heterocycles. The van der Waals surface area contributed by atoms with Crippen LogP contribution >= 0.6 is 31.9 Å². The van der Waals surface area contributed by atoms with E-state index < -0.39 is 9.84 Å². The molecule has 34 heavy (non-hydrogen) atoms. The van der Waals surface area contributed by atoms with Gasteiger partial charge in [-0.3, -0.25) is 4.79 Å². The highest BCUT2D eigenvalue weighted by molar-refractivity contribution is 9.24. The van der Waals surface area contributed by atoms with Gasteiger partial charge in [0.1, 0.15) is 6.61 Å². The lowest BCUT2D eigenvalue weighted by molar-refractivity contribution is 0.110. The van der Waals surface area contributed by atoms with E-state index in [-0.39, 0.29) is 26.2 Å². The summed E-state index contributed by atoms with van der Waals surface area (Å²) in [6, 6.07) is 15.8. The Morgan fingerprint density at radius 2 is 1.56 bits per heavy atom. The Morgan fingerprint density at radius 3 is 2.15 bits per heavy atom. The standard InChI is InChI=1S/C26H25Br2NO4S/c1-2-16-33-29-18-23(20-9-5-3-6-10-20)26(30)24(19-29)21-12-14-22(15-13-21)34(31,32)17-8-4-7-11-25(27)28/h3,5-6,9-10,12-15,18-19,25H,2,8,11,16-17H2,1H3. The maximum absolute atomic E-state index is 13.3. The van der Waals surface area contributed by atoms with Crippen LogP contribution in [0, 0.1) is 11.8 Å². The first-order valence-corrected chi connectivity index (χ1v) is 14.3. The van der Waals surface area contributed by atoms with Crippen molar-refractivity contribution in [2.24, 2.45) is 0 Å². The van der Waals surface area contributed by atoms with Crippen LogP contribution in [0.5, 0.6) is 0 Å². The predicted molar refractivity (Wildman–Crippen MR) is 144 cm³/mol. The third-order valence-electron chi connectivity index (χ3n) is 4.93. The maximum Gasteiger partial charge on any atom is 0.197 e. The first-order valence-electron chi connectivity index (χ1n) is 10.8. The second kappa shape index (κ2) is 12.4. The van der Waals surface area contributed by atoms with E-state index in [1.165, 1.54) is 12.1 Å². The van der Waals surface area contributed by atoms with Crippen LogP contribution < -0.4 is 10.3 Å². The molecular weight excluding hydrogens is 582 g/mol. The zero-order valence-electron chi connectivity index (χ0n) is 18.7. The van der Waals surface area contributed by atoms with E-state index in [2.05, 4.69) is 43.7 Å². The normalized spacial score (nSPS) is 11.2. The lowest BCUT2D eigenvalue weighted by Crippen LogP contribution is -2.18. The molecule has 0 bridgehead atoms. The molecule has 0 fully saturated rings. The minimum atomic E-state index is -3.48. The fourth-order valence-corrected chi connectivity index (χ4v) is 4.72. The van der Waals surface area contributed by atoms with Crippen molar-refractivity contribution >= 4 is 41.7 Å². The number of rotatable bonds is 9. The summed E-state index contributed by atoms with van der Waals surface area (Å²) in [5.74, 6) is 5.75. The van der Waals surface area contributed by atoms with Gasteiger partial charge in [-0.05, 0) is 29.7 Å². The summed E-state index contributed by atoms with van der Waals surface area (Å²) in [5.41, 5.74) is 2.21. The fraction of sp³-hybridized carbons (Fsp3) is 0.269. The van der Waals surface area contributed by atoms with Gasteiger partial charge in [0.2, 0.25) is 0 Å². The highest BCUT2D eigenvalue weighted by Gasteiger charge is 2.16. The molecule has 0 aliphatic carbocycles. The molecule has 0 aliphatic heterocycles. The number of hydrogen-bond donors (Lipinski definition) is 0. The number of sulfone groups is 1. The maximum atomic E-state index is 13.3. The minimum absolute atomic E-state index is 0.0598. The van der Waals surface area contributed by atoms with Crippen molar-refractivity contribution in [3.8, 4) is 34.1 Å². The Labute approximate surface area is 217 Å². The molecule has 178 valence electrons. The van der Waals surface area contributed by atoms with E-state index in [0.717, 1.165) is 12.0 Å². The van der Waals surface area contributed by atoms with Gasteiger partial charge < -0.3 is 4.84 Å². The third-order valence-corrected chi connectivity index (χ3v) is 7.31. The molecule has 0 radical (unpaired) electrons. The van der Waals surface area contributed by atoms with E-state index >= 15 is 0 Å². The first kappa shape index (κ1) is 26.3. The van der Waals surface area contributed by atoms with Crippen LogP contribution in [0.1, 0.15) is 26.2 Å². The number of pyridine rings is 1. The summed E-state index contributed by atoms with van der Waals surface area (Å²) >= 11 is 6.66. The van der Waals surface area contributed by atoms with Crippen LogP contribution in [0.2, 0.25) is 0 Å². The summed E-state index contributed by atoms with van der Waals surface area (Å²) in [4.78, 5) is 19.3. The van der Waals surface area contributed by atoms with Gasteiger partial charge in [-0.15, -0.1) is 11.8 Å². The van der Waals surface area contributed by atoms with Crippen molar-refractivity contribution in [1.29, 1.82) is 0 Å². The molecule has 8 heteroatoms. The Bertz CT molecular complexity index is 1320. The van der Waals surface area contributed by atoms with Gasteiger partial charge in [-0.2, -0.15) is 4.73 Å². The van der Waals surface area contributed by atoms with Gasteiger partial charge in [-0.25, -0.2) is 8.42 Å². The molecule has 2 aromatic carbocycles. The Balaban J connectivity index is 1.91. The second-order valence-corrected chi connectivity index (χ2v) is 13.1. The SMILES string of the molecule is CCCOn1cc(-c2ccccc2)c(=O)c(-c2ccc(S(=O)(=O)CCC#CCC(Br)Br)cc2)c1. The number of halogens is 2. The predicted octanol–water partition coefficient (Wildman–Crippen LogP) is 5.69. The zero-order chi connectivity index (χ0) is 24.6. The Morgan fingerprint density at radius 1 is 0.941 bits per heavy atom. The van der Waals surface area contributed by atoms with Crippen LogP contribution in [0.4, 0.5) is 0 Å². The fourth-order valence-electron chi connectivity index (χ4n) is 3.24. The van der Waals surface area contributed by atoms with Crippen LogP contribution in [-0.4, -0.2) is 29.2 Å². The lowest BCUT2D eigenvalue weighted by atomic mass is 10.0. The summed E-state index contributed by atoms with van der Waals surface area (Å²) in [7, 11) is -3.48. The molecule has 0 N–H and O–H groups in total. The van der Waals surface area contributed by atoms with Crippen molar-refractivity contribution in [3.05, 3.63) is 77.2 Å². The molecule has 0 saturated heterocycles. The summed E-state index contributed by atoms with van der Waals surface area (Å²) < 4.78 is 27.0. The summed E-state index contributed by atoms with van der Waals surface area (Å²) in [5, 5.41) is 0. The molecule has 0 saturated carbocycles. The largest absolute Gasteiger partial charge is 0.414 e. The van der Waals surface area contributed by atoms with Gasteiger partial charge in [0.05, 0.1) is 26.8 Å². The summed E-state index contributed by atoms with van der Waals surface area (Å²) in [6.07, 6.45) is 5.01. The van der Waals surface area contributed by atoms with Gasteiger partial charge >= 0.3 is 0 Å². The molecule has 3 rings (SSSR count). The molecule has 0 amide bonds. The molecule has 0 atom stereocenters. The zero-order valence-corrected chi connectivity index (χ0v) is 22.7. The van der Waals surface area contributed by atoms with E-state index in [9.17, 15) is 13.2 Å². The van der Waals surface area contributed by atoms with E-state index in [1.807, 2.05) is 37.3 Å². The molecule has 1 heterocycles. The molecule has 3 aromatic rings. The molecule has 0 aliphatic rings. The van der Waals surface area contributed by atoms with Crippen LogP contribution in [0.25, 0.3) is 22.3 Å². The quantitative estimate of drug-likeness (QED) is 0.232. The van der Waals surface area contributed by atoms with Crippen molar-refractivity contribution in [1.82, 2.24) is 4.73 Å². The smallest absolute Gasteiger partial charge is 0.197 e. The lowest BCUT2D eigenvalue weighted by Gasteiger charge is -2.13. The Hall–Kier alpha value is -2.34. The average molecular weight is 607 g/mol. The van der Waals surface area contributed by atoms with Crippen molar-refractivity contribution in [2.45, 2.75) is 34.8 Å². The number of aromatic nitrogens is 1. The highest BCUT2D eigenvalue weighted by Crippen LogP contribution is 2.23. The van der Waals surface area contributed by atoms with Crippen molar-refractivity contribution in [2.75, 3.05) is 12.4 Å². The average Bonchev–Trinajstić information content (AvgIpc) is 2.83. The first-order chi connectivity index (χ1) is 16.3. The number of nitrogens with zero attached hydrogens (tertiary/aromatic N) is 1. The number of hydrogen-bond acceptors (Lipinski definition) is 4. The monoisotopic (exact) mass is 605 g/mol. The van der Waals surface area contributed by atoms with Gasteiger partial charge in [-0.1, -0.05) is 81.2 Å². The third kappa shape index (κ3) is 7.08. The van der Waals surface area contributed by atoms with E-state index in [1.54, 1.807) is 29.3 Å². The number of alkyl halides is 2. The van der Waals surface area contributed by atoms with Crippen LogP contribution in [0.3, 0.4) is 0 Å². The van der Waals surface area contributed by atoms with Gasteiger partial charge in [0.25, 0.3) is 0 Å². The molecule has 0 unspecified atom stereocenters. The van der Waals surface area contributed by atoms with Gasteiger partial charge in [0.15, 0.2) is 15.3 Å². The van der Waals surface area contributed by atoms with Crippen molar-refractivity contribution < 1.29 is 13.3 Å². The minimum Gasteiger partial charge on any atom is -0.414 e.